The number of aliphatic hydroxyl groups excluding tert-OH is 1. The molecule has 0 aliphatic heterocycles. The van der Waals surface area contributed by atoms with Crippen molar-refractivity contribution in [3.05, 3.63) is 41.5 Å². The fourth-order valence-electron chi connectivity index (χ4n) is 2.73. The van der Waals surface area contributed by atoms with Gasteiger partial charge in [-0.15, -0.1) is 0 Å². The Morgan fingerprint density at radius 1 is 1.16 bits per heavy atom. The molecule has 104 valence electrons. The Balaban J connectivity index is 2.04. The predicted molar refractivity (Wildman–Crippen MR) is 78.5 cm³/mol. The number of aliphatic hydroxyl groups is 1. The molecule has 1 aromatic carbocycles. The molecule has 1 aromatic rings. The van der Waals surface area contributed by atoms with Crippen molar-refractivity contribution in [2.75, 3.05) is 7.11 Å². The number of benzene rings is 1. The van der Waals surface area contributed by atoms with Crippen molar-refractivity contribution >= 4 is 0 Å². The fourth-order valence-corrected chi connectivity index (χ4v) is 2.73. The predicted octanol–water partition coefficient (Wildman–Crippen LogP) is 3.88. The highest BCUT2D eigenvalue weighted by Crippen LogP contribution is 2.25. The monoisotopic (exact) mass is 260 g/mol. The third-order valence-electron chi connectivity index (χ3n) is 3.86. The minimum atomic E-state index is -0.366. The molecule has 19 heavy (non-hydrogen) atoms. The molecule has 0 saturated carbocycles. The standard InChI is InChI=1S/C17H24O2/c1-19-17-12-8-7-11-15(17)13-16(18)14-9-5-3-2-4-6-10-14/h7-9,11-12,16,18H,2-6,10,13H2,1H3/b14-9+. The van der Waals surface area contributed by atoms with E-state index in [0.717, 1.165) is 24.2 Å². The molecule has 1 aliphatic rings. The summed E-state index contributed by atoms with van der Waals surface area (Å²) >= 11 is 0. The first-order chi connectivity index (χ1) is 9.31. The van der Waals surface area contributed by atoms with Crippen LogP contribution in [0.4, 0.5) is 0 Å². The number of allylic oxidation sites excluding steroid dienone is 1. The molecule has 0 amide bonds. The van der Waals surface area contributed by atoms with Crippen LogP contribution in [0.15, 0.2) is 35.9 Å². The van der Waals surface area contributed by atoms with Gasteiger partial charge in [0.2, 0.25) is 0 Å². The summed E-state index contributed by atoms with van der Waals surface area (Å²) in [7, 11) is 1.68. The van der Waals surface area contributed by atoms with E-state index >= 15 is 0 Å². The Morgan fingerprint density at radius 2 is 1.95 bits per heavy atom. The summed E-state index contributed by atoms with van der Waals surface area (Å²) in [4.78, 5) is 0. The maximum absolute atomic E-state index is 10.4. The lowest BCUT2D eigenvalue weighted by molar-refractivity contribution is 0.204. The third kappa shape index (κ3) is 4.10. The lowest BCUT2D eigenvalue weighted by atomic mass is 9.93. The second-order valence-corrected chi connectivity index (χ2v) is 5.26. The maximum atomic E-state index is 10.4. The summed E-state index contributed by atoms with van der Waals surface area (Å²) < 4.78 is 5.35. The number of rotatable bonds is 4. The minimum absolute atomic E-state index is 0.366. The summed E-state index contributed by atoms with van der Waals surface area (Å²) in [6.45, 7) is 0. The van der Waals surface area contributed by atoms with Gasteiger partial charge >= 0.3 is 0 Å². The molecule has 0 aromatic heterocycles. The van der Waals surface area contributed by atoms with Gasteiger partial charge in [-0.3, -0.25) is 0 Å². The Labute approximate surface area is 116 Å². The number of ether oxygens (including phenoxy) is 1. The summed E-state index contributed by atoms with van der Waals surface area (Å²) in [6, 6.07) is 7.95. The Bertz CT molecular complexity index is 423. The smallest absolute Gasteiger partial charge is 0.122 e. The van der Waals surface area contributed by atoms with Gasteiger partial charge < -0.3 is 9.84 Å². The topological polar surface area (TPSA) is 29.5 Å². The zero-order valence-corrected chi connectivity index (χ0v) is 11.8. The van der Waals surface area contributed by atoms with Crippen LogP contribution in [0.1, 0.15) is 44.1 Å². The van der Waals surface area contributed by atoms with E-state index in [1.807, 2.05) is 24.3 Å². The van der Waals surface area contributed by atoms with Gasteiger partial charge in [0.1, 0.15) is 5.75 Å². The molecule has 0 fully saturated rings. The van der Waals surface area contributed by atoms with E-state index in [0.29, 0.717) is 6.42 Å². The van der Waals surface area contributed by atoms with E-state index in [2.05, 4.69) is 6.08 Å². The highest BCUT2D eigenvalue weighted by molar-refractivity contribution is 5.34. The van der Waals surface area contributed by atoms with E-state index in [1.54, 1.807) is 7.11 Å². The summed E-state index contributed by atoms with van der Waals surface area (Å²) in [5.74, 6) is 0.869. The van der Waals surface area contributed by atoms with E-state index in [-0.39, 0.29) is 6.10 Å². The molecule has 1 unspecified atom stereocenters. The Hall–Kier alpha value is -1.28. The second-order valence-electron chi connectivity index (χ2n) is 5.26. The number of para-hydroxylation sites is 1. The molecule has 0 heterocycles. The van der Waals surface area contributed by atoms with Gasteiger partial charge in [-0.1, -0.05) is 37.1 Å². The van der Waals surface area contributed by atoms with Gasteiger partial charge in [-0.05, 0) is 42.9 Å². The van der Waals surface area contributed by atoms with E-state index in [1.165, 1.54) is 31.3 Å². The number of hydrogen-bond donors (Lipinski definition) is 1. The first kappa shape index (κ1) is 14.1. The molecule has 2 nitrogen and oxygen atoms in total. The van der Waals surface area contributed by atoms with Crippen LogP contribution >= 0.6 is 0 Å². The van der Waals surface area contributed by atoms with Crippen LogP contribution in [0.5, 0.6) is 5.75 Å². The number of methoxy groups -OCH3 is 1. The quantitative estimate of drug-likeness (QED) is 0.832. The van der Waals surface area contributed by atoms with Gasteiger partial charge in [-0.25, -0.2) is 0 Å². The number of hydrogen-bond acceptors (Lipinski definition) is 2. The first-order valence-corrected chi connectivity index (χ1v) is 7.30. The van der Waals surface area contributed by atoms with Gasteiger partial charge in [0.25, 0.3) is 0 Å². The van der Waals surface area contributed by atoms with Crippen molar-refractivity contribution in [1.82, 2.24) is 0 Å². The van der Waals surface area contributed by atoms with E-state index in [4.69, 9.17) is 4.74 Å². The SMILES string of the molecule is COc1ccccc1CC(O)/C1=C/CCCCCC1. The average Bonchev–Trinajstić information content (AvgIpc) is 2.38. The molecule has 1 atom stereocenters. The molecule has 1 aliphatic carbocycles. The average molecular weight is 260 g/mol. The van der Waals surface area contributed by atoms with Crippen molar-refractivity contribution < 1.29 is 9.84 Å². The Kier molecular flexibility index (Phi) is 5.46. The highest BCUT2D eigenvalue weighted by Gasteiger charge is 2.14. The molecular weight excluding hydrogens is 236 g/mol. The fraction of sp³-hybridized carbons (Fsp3) is 0.529. The minimum Gasteiger partial charge on any atom is -0.496 e. The molecule has 0 saturated heterocycles. The van der Waals surface area contributed by atoms with Crippen LogP contribution in [0.25, 0.3) is 0 Å². The molecule has 0 bridgehead atoms. The molecule has 1 N–H and O–H groups in total. The molecule has 0 radical (unpaired) electrons. The van der Waals surface area contributed by atoms with Crippen molar-refractivity contribution in [2.45, 2.75) is 51.0 Å². The maximum Gasteiger partial charge on any atom is 0.122 e. The van der Waals surface area contributed by atoms with Crippen LogP contribution in [0.2, 0.25) is 0 Å². The van der Waals surface area contributed by atoms with Gasteiger partial charge in [-0.2, -0.15) is 0 Å². The largest absolute Gasteiger partial charge is 0.496 e. The summed E-state index contributed by atoms with van der Waals surface area (Å²) in [6.07, 6.45) is 9.75. The summed E-state index contributed by atoms with van der Waals surface area (Å²) in [5, 5.41) is 10.4. The van der Waals surface area contributed by atoms with Crippen LogP contribution in [0.3, 0.4) is 0 Å². The van der Waals surface area contributed by atoms with Crippen LogP contribution < -0.4 is 4.74 Å². The first-order valence-electron chi connectivity index (χ1n) is 7.30. The van der Waals surface area contributed by atoms with Crippen LogP contribution in [-0.2, 0) is 6.42 Å². The van der Waals surface area contributed by atoms with Crippen molar-refractivity contribution in [2.24, 2.45) is 0 Å². The van der Waals surface area contributed by atoms with Crippen LogP contribution in [-0.4, -0.2) is 18.3 Å². The van der Waals surface area contributed by atoms with Gasteiger partial charge in [0.15, 0.2) is 0 Å². The lowest BCUT2D eigenvalue weighted by Crippen LogP contribution is -2.15. The zero-order valence-electron chi connectivity index (χ0n) is 11.8. The molecule has 2 rings (SSSR count). The second kappa shape index (κ2) is 7.34. The molecule has 2 heteroatoms. The van der Waals surface area contributed by atoms with Gasteiger partial charge in [0.05, 0.1) is 13.2 Å². The molecular formula is C17H24O2. The normalized spacial score (nSPS) is 20.8. The van der Waals surface area contributed by atoms with E-state index < -0.39 is 0 Å². The molecule has 0 spiro atoms. The highest BCUT2D eigenvalue weighted by atomic mass is 16.5. The third-order valence-corrected chi connectivity index (χ3v) is 3.86. The Morgan fingerprint density at radius 3 is 2.79 bits per heavy atom. The van der Waals surface area contributed by atoms with Crippen LogP contribution in [0, 0.1) is 0 Å². The summed E-state index contributed by atoms with van der Waals surface area (Å²) in [5.41, 5.74) is 2.30. The lowest BCUT2D eigenvalue weighted by Gasteiger charge is -2.18. The zero-order chi connectivity index (χ0) is 13.5. The van der Waals surface area contributed by atoms with Crippen molar-refractivity contribution in [3.8, 4) is 5.75 Å². The van der Waals surface area contributed by atoms with Crippen molar-refractivity contribution in [1.29, 1.82) is 0 Å². The van der Waals surface area contributed by atoms with Crippen molar-refractivity contribution in [3.63, 3.8) is 0 Å². The van der Waals surface area contributed by atoms with E-state index in [9.17, 15) is 5.11 Å². The van der Waals surface area contributed by atoms with Gasteiger partial charge in [0, 0.05) is 6.42 Å².